The fourth-order valence-electron chi connectivity index (χ4n) is 2.39. The van der Waals surface area contributed by atoms with Crippen LogP contribution in [0.5, 0.6) is 0 Å². The van der Waals surface area contributed by atoms with Gasteiger partial charge in [0, 0.05) is 6.61 Å². The maximum absolute atomic E-state index is 9.25. The Morgan fingerprint density at radius 2 is 0.649 bits per heavy atom. The second-order valence-corrected chi connectivity index (χ2v) is 7.87. The molecule has 0 bridgehead atoms. The molecule has 0 aliphatic heterocycles. The standard InChI is InChI=1S/C16H34O.C4H10.2C3H8.4C2H6.C2H4/c1-3-5-7-8-9-10-11-12-14-16(15-17)13-6-4-2;1-3-4-2;2*1-3-2;5*1-2/h16-17H,3-15H2,1-2H3;3-4H2,1-2H3;2*3H2,1-2H3;4*1-2H3;1-2H2. The molecule has 0 radical (unpaired) electrons. The summed E-state index contributed by atoms with van der Waals surface area (Å²) in [5, 5.41) is 9.25. The summed E-state index contributed by atoms with van der Waals surface area (Å²) in [6.45, 7) is 39.8. The van der Waals surface area contributed by atoms with Gasteiger partial charge in [0.05, 0.1) is 0 Å². The van der Waals surface area contributed by atoms with Crippen LogP contribution in [-0.2, 0) is 0 Å². The summed E-state index contributed by atoms with van der Waals surface area (Å²) in [6, 6.07) is 0. The van der Waals surface area contributed by atoms with Gasteiger partial charge in [0.25, 0.3) is 0 Å². The molecule has 0 aromatic carbocycles. The van der Waals surface area contributed by atoms with Crippen molar-refractivity contribution in [3.63, 3.8) is 0 Å². The van der Waals surface area contributed by atoms with Crippen LogP contribution in [-0.4, -0.2) is 11.7 Å². The second-order valence-electron chi connectivity index (χ2n) is 7.87. The van der Waals surface area contributed by atoms with Crippen LogP contribution in [0.15, 0.2) is 13.2 Å². The molecule has 0 fully saturated rings. The van der Waals surface area contributed by atoms with Crippen molar-refractivity contribution in [1.29, 1.82) is 0 Å². The van der Waals surface area contributed by atoms with Crippen LogP contribution in [0.4, 0.5) is 0 Å². The summed E-state index contributed by atoms with van der Waals surface area (Å²) in [7, 11) is 0. The highest BCUT2D eigenvalue weighted by molar-refractivity contribution is 4.58. The summed E-state index contributed by atoms with van der Waals surface area (Å²) in [4.78, 5) is 0. The number of rotatable bonds is 14. The molecule has 0 aromatic heterocycles. The number of hydrogen-bond acceptors (Lipinski definition) is 1. The molecule has 0 aliphatic carbocycles. The van der Waals surface area contributed by atoms with E-state index in [1.807, 2.05) is 55.4 Å². The highest BCUT2D eigenvalue weighted by atomic mass is 16.3. The van der Waals surface area contributed by atoms with Gasteiger partial charge >= 0.3 is 0 Å². The van der Waals surface area contributed by atoms with Crippen molar-refractivity contribution in [2.75, 3.05) is 6.61 Å². The van der Waals surface area contributed by atoms with Gasteiger partial charge in [-0.25, -0.2) is 0 Å². The Morgan fingerprint density at radius 3 is 0.892 bits per heavy atom. The summed E-state index contributed by atoms with van der Waals surface area (Å²) in [6.07, 6.45) is 21.2. The molecule has 37 heavy (non-hydrogen) atoms. The quantitative estimate of drug-likeness (QED) is 0.173. The molecule has 1 N–H and O–H groups in total. The normalized spacial score (nSPS) is 8.46. The molecular formula is C36H88O. The average Bonchev–Trinajstić information content (AvgIpc) is 2.98. The van der Waals surface area contributed by atoms with E-state index in [1.165, 1.54) is 103 Å². The van der Waals surface area contributed by atoms with Gasteiger partial charge in [-0.3, -0.25) is 0 Å². The maximum atomic E-state index is 9.25. The summed E-state index contributed by atoms with van der Waals surface area (Å²) in [5.74, 6) is 0.579. The fraction of sp³-hybridized carbons (Fsp3) is 0.944. The number of hydrogen-bond donors (Lipinski definition) is 1. The zero-order valence-electron chi connectivity index (χ0n) is 30.5. The monoisotopic (exact) mass is 537 g/mol. The molecule has 0 aromatic rings. The molecule has 1 atom stereocenters. The van der Waals surface area contributed by atoms with Crippen molar-refractivity contribution in [3.05, 3.63) is 13.2 Å². The van der Waals surface area contributed by atoms with Crippen LogP contribution in [0.2, 0.25) is 0 Å². The van der Waals surface area contributed by atoms with E-state index in [4.69, 9.17) is 0 Å². The molecule has 238 valence electrons. The zero-order chi connectivity index (χ0) is 31.6. The molecule has 0 rings (SSSR count). The molecule has 1 nitrogen and oxygen atoms in total. The van der Waals surface area contributed by atoms with Crippen LogP contribution in [0.3, 0.4) is 0 Å². The Labute approximate surface area is 244 Å². The van der Waals surface area contributed by atoms with Gasteiger partial charge in [-0.1, -0.05) is 201 Å². The van der Waals surface area contributed by atoms with Gasteiger partial charge in [-0.05, 0) is 18.8 Å². The molecule has 1 heteroatoms. The van der Waals surface area contributed by atoms with Gasteiger partial charge < -0.3 is 5.11 Å². The SMILES string of the molecule is C=C.CC.CC.CC.CC.CCC.CCC.CCCC.CCCCCCCCCCC(CO)CCCC. The molecule has 0 spiro atoms. The first-order valence-electron chi connectivity index (χ1n) is 17.2. The van der Waals surface area contributed by atoms with E-state index in [0.717, 1.165) is 0 Å². The van der Waals surface area contributed by atoms with Gasteiger partial charge in [0.1, 0.15) is 0 Å². The lowest BCUT2D eigenvalue weighted by Crippen LogP contribution is -2.05. The Balaban J connectivity index is -0.0000000461. The molecule has 0 amide bonds. The summed E-state index contributed by atoms with van der Waals surface area (Å²) in [5.41, 5.74) is 0. The lowest BCUT2D eigenvalue weighted by Gasteiger charge is -2.13. The number of unbranched alkanes of at least 4 members (excludes halogenated alkanes) is 9. The van der Waals surface area contributed by atoms with Gasteiger partial charge in [-0.2, -0.15) is 0 Å². The van der Waals surface area contributed by atoms with Crippen LogP contribution in [0.25, 0.3) is 0 Å². The van der Waals surface area contributed by atoms with E-state index in [2.05, 4.69) is 68.5 Å². The number of aliphatic hydroxyl groups is 1. The smallest absolute Gasteiger partial charge is 0.0459 e. The van der Waals surface area contributed by atoms with Crippen LogP contribution in [0, 0.1) is 5.92 Å². The van der Waals surface area contributed by atoms with Crippen molar-refractivity contribution in [3.8, 4) is 0 Å². The van der Waals surface area contributed by atoms with Gasteiger partial charge in [-0.15, -0.1) is 13.2 Å². The van der Waals surface area contributed by atoms with E-state index < -0.39 is 0 Å². The predicted octanol–water partition coefficient (Wildman–Crippen LogP) is 14.9. The van der Waals surface area contributed by atoms with E-state index in [1.54, 1.807) is 0 Å². The highest BCUT2D eigenvalue weighted by Gasteiger charge is 2.05. The van der Waals surface area contributed by atoms with Gasteiger partial charge in [0.15, 0.2) is 0 Å². The summed E-state index contributed by atoms with van der Waals surface area (Å²) >= 11 is 0. The Bertz CT molecular complexity index is 187. The average molecular weight is 537 g/mol. The molecule has 1 unspecified atom stereocenters. The largest absolute Gasteiger partial charge is 0.396 e. The van der Waals surface area contributed by atoms with E-state index >= 15 is 0 Å². The molecular weight excluding hydrogens is 448 g/mol. The minimum absolute atomic E-state index is 0.399. The topological polar surface area (TPSA) is 20.2 Å². The molecule has 0 saturated heterocycles. The Kier molecular flexibility index (Phi) is 182. The maximum Gasteiger partial charge on any atom is 0.0459 e. The van der Waals surface area contributed by atoms with Crippen LogP contribution >= 0.6 is 0 Å². The summed E-state index contributed by atoms with van der Waals surface area (Å²) < 4.78 is 0. The van der Waals surface area contributed by atoms with E-state index in [9.17, 15) is 5.11 Å². The first-order valence-corrected chi connectivity index (χ1v) is 17.2. The molecule has 0 heterocycles. The first kappa shape index (κ1) is 61.0. The molecule has 0 saturated carbocycles. The fourth-order valence-corrected chi connectivity index (χ4v) is 2.39. The first-order chi connectivity index (χ1) is 18.1. The van der Waals surface area contributed by atoms with Crippen molar-refractivity contribution in [2.45, 2.75) is 214 Å². The van der Waals surface area contributed by atoms with Crippen LogP contribution in [0.1, 0.15) is 214 Å². The van der Waals surface area contributed by atoms with Gasteiger partial charge in [0.2, 0.25) is 0 Å². The Hall–Kier alpha value is -0.300. The zero-order valence-corrected chi connectivity index (χ0v) is 30.5. The van der Waals surface area contributed by atoms with Crippen molar-refractivity contribution < 1.29 is 5.11 Å². The third-order valence-electron chi connectivity index (χ3n) is 4.19. The van der Waals surface area contributed by atoms with Crippen molar-refractivity contribution in [1.82, 2.24) is 0 Å². The number of aliphatic hydroxyl groups excluding tert-OH is 1. The van der Waals surface area contributed by atoms with E-state index in [0.29, 0.717) is 12.5 Å². The highest BCUT2D eigenvalue weighted by Crippen LogP contribution is 2.17. The minimum atomic E-state index is 0.399. The van der Waals surface area contributed by atoms with Crippen molar-refractivity contribution in [2.24, 2.45) is 5.92 Å². The van der Waals surface area contributed by atoms with E-state index in [-0.39, 0.29) is 0 Å². The predicted molar refractivity (Wildman–Crippen MR) is 186 cm³/mol. The third kappa shape index (κ3) is 145. The second kappa shape index (κ2) is 111. The Morgan fingerprint density at radius 1 is 0.405 bits per heavy atom. The van der Waals surface area contributed by atoms with Crippen LogP contribution < -0.4 is 0 Å². The lowest BCUT2D eigenvalue weighted by molar-refractivity contribution is 0.205. The molecule has 0 aliphatic rings. The third-order valence-corrected chi connectivity index (χ3v) is 4.19. The van der Waals surface area contributed by atoms with Crippen molar-refractivity contribution >= 4 is 0 Å². The lowest BCUT2D eigenvalue weighted by atomic mass is 9.96. The minimum Gasteiger partial charge on any atom is -0.396 e.